The van der Waals surface area contributed by atoms with Gasteiger partial charge in [0.1, 0.15) is 0 Å². The van der Waals surface area contributed by atoms with Crippen molar-refractivity contribution in [3.63, 3.8) is 0 Å². The molecule has 0 aliphatic rings. The molecule has 0 aliphatic heterocycles. The van der Waals surface area contributed by atoms with Crippen LogP contribution in [0.15, 0.2) is 0 Å². The fourth-order valence-corrected chi connectivity index (χ4v) is 1.55. The van der Waals surface area contributed by atoms with E-state index in [1.165, 1.54) is 25.7 Å². The van der Waals surface area contributed by atoms with Crippen molar-refractivity contribution in [2.75, 3.05) is 34.0 Å². The van der Waals surface area contributed by atoms with Gasteiger partial charge >= 0.3 is 0 Å². The maximum absolute atomic E-state index is 5.15. The maximum atomic E-state index is 5.15. The van der Waals surface area contributed by atoms with Crippen LogP contribution < -0.4 is 5.32 Å². The molecule has 0 aromatic rings. The Morgan fingerprint density at radius 2 is 1.86 bits per heavy atom. The van der Waals surface area contributed by atoms with Gasteiger partial charge in [-0.2, -0.15) is 0 Å². The number of hydrogen-bond donors (Lipinski definition) is 1. The molecule has 14 heavy (non-hydrogen) atoms. The number of ether oxygens (including phenoxy) is 2. The molecule has 86 valence electrons. The zero-order valence-electron chi connectivity index (χ0n) is 9.84. The smallest absolute Gasteiger partial charge is 0.0615 e. The highest BCUT2D eigenvalue weighted by Gasteiger charge is 2.05. The van der Waals surface area contributed by atoms with Crippen LogP contribution in [0.5, 0.6) is 0 Å². The first-order chi connectivity index (χ1) is 6.85. The van der Waals surface area contributed by atoms with E-state index < -0.39 is 0 Å². The maximum Gasteiger partial charge on any atom is 0.0615 e. The van der Waals surface area contributed by atoms with Gasteiger partial charge in [0.2, 0.25) is 0 Å². The Bertz CT molecular complexity index is 103. The molecule has 3 nitrogen and oxygen atoms in total. The van der Waals surface area contributed by atoms with Crippen molar-refractivity contribution in [1.29, 1.82) is 0 Å². The van der Waals surface area contributed by atoms with E-state index in [4.69, 9.17) is 9.47 Å². The van der Waals surface area contributed by atoms with E-state index in [1.54, 1.807) is 14.2 Å². The molecule has 0 heterocycles. The fraction of sp³-hybridized carbons (Fsp3) is 1.00. The van der Waals surface area contributed by atoms with Gasteiger partial charge in [-0.1, -0.05) is 19.8 Å². The first kappa shape index (κ1) is 13.9. The highest BCUT2D eigenvalue weighted by molar-refractivity contribution is 4.64. The molecule has 1 unspecified atom stereocenters. The molecule has 0 saturated heterocycles. The molecule has 0 amide bonds. The summed E-state index contributed by atoms with van der Waals surface area (Å²) in [4.78, 5) is 0. The fourth-order valence-electron chi connectivity index (χ4n) is 1.55. The van der Waals surface area contributed by atoms with Gasteiger partial charge in [0.15, 0.2) is 0 Å². The van der Waals surface area contributed by atoms with Gasteiger partial charge in [0.25, 0.3) is 0 Å². The third-order valence-electron chi connectivity index (χ3n) is 2.26. The van der Waals surface area contributed by atoms with Crippen LogP contribution in [0.1, 0.15) is 32.6 Å². The molecule has 0 rings (SSSR count). The molecular formula is C11H25NO2. The lowest BCUT2D eigenvalue weighted by molar-refractivity contribution is 0.160. The van der Waals surface area contributed by atoms with E-state index in [2.05, 4.69) is 12.2 Å². The van der Waals surface area contributed by atoms with Gasteiger partial charge in [-0.05, 0) is 19.4 Å². The second kappa shape index (κ2) is 11.0. The van der Waals surface area contributed by atoms with Gasteiger partial charge in [-0.3, -0.25) is 0 Å². The lowest BCUT2D eigenvalue weighted by Crippen LogP contribution is -2.32. The van der Waals surface area contributed by atoms with E-state index in [1.807, 2.05) is 0 Å². The van der Waals surface area contributed by atoms with Crippen LogP contribution in [-0.4, -0.2) is 40.0 Å². The summed E-state index contributed by atoms with van der Waals surface area (Å²) in [6.07, 6.45) is 4.87. The molecule has 0 fully saturated rings. The van der Waals surface area contributed by atoms with E-state index in [9.17, 15) is 0 Å². The molecule has 0 aliphatic carbocycles. The average molecular weight is 203 g/mol. The SMILES string of the molecule is CCNC(CCCCCOC)COC. The van der Waals surface area contributed by atoms with E-state index >= 15 is 0 Å². The second-order valence-corrected chi connectivity index (χ2v) is 3.55. The summed E-state index contributed by atoms with van der Waals surface area (Å²) in [7, 11) is 3.52. The van der Waals surface area contributed by atoms with E-state index in [0.717, 1.165) is 19.8 Å². The van der Waals surface area contributed by atoms with Gasteiger partial charge in [0, 0.05) is 26.9 Å². The number of unbranched alkanes of at least 4 members (excludes halogenated alkanes) is 2. The topological polar surface area (TPSA) is 30.5 Å². The van der Waals surface area contributed by atoms with Crippen molar-refractivity contribution < 1.29 is 9.47 Å². The minimum absolute atomic E-state index is 0.521. The highest BCUT2D eigenvalue weighted by Crippen LogP contribution is 2.04. The van der Waals surface area contributed by atoms with E-state index in [0.29, 0.717) is 6.04 Å². The van der Waals surface area contributed by atoms with Gasteiger partial charge in [-0.25, -0.2) is 0 Å². The first-order valence-corrected chi connectivity index (χ1v) is 5.56. The van der Waals surface area contributed by atoms with Crippen molar-refractivity contribution >= 4 is 0 Å². The molecule has 3 heteroatoms. The Balaban J connectivity index is 3.30. The minimum atomic E-state index is 0.521. The van der Waals surface area contributed by atoms with Crippen molar-refractivity contribution in [1.82, 2.24) is 5.32 Å². The Morgan fingerprint density at radius 1 is 1.07 bits per heavy atom. The second-order valence-electron chi connectivity index (χ2n) is 3.55. The van der Waals surface area contributed by atoms with Crippen molar-refractivity contribution in [2.45, 2.75) is 38.6 Å². The quantitative estimate of drug-likeness (QED) is 0.549. The first-order valence-electron chi connectivity index (χ1n) is 5.56. The number of nitrogens with one attached hydrogen (secondary N) is 1. The van der Waals surface area contributed by atoms with Crippen molar-refractivity contribution in [3.8, 4) is 0 Å². The molecule has 0 aromatic heterocycles. The summed E-state index contributed by atoms with van der Waals surface area (Å²) in [5, 5.41) is 3.42. The molecule has 0 bridgehead atoms. The summed E-state index contributed by atoms with van der Waals surface area (Å²) >= 11 is 0. The lowest BCUT2D eigenvalue weighted by atomic mass is 10.1. The summed E-state index contributed by atoms with van der Waals surface area (Å²) in [6, 6.07) is 0.521. The highest BCUT2D eigenvalue weighted by atomic mass is 16.5. The third kappa shape index (κ3) is 8.48. The Morgan fingerprint density at radius 3 is 2.43 bits per heavy atom. The Labute approximate surface area is 88.2 Å². The predicted octanol–water partition coefficient (Wildman–Crippen LogP) is 1.82. The van der Waals surface area contributed by atoms with Crippen molar-refractivity contribution in [3.05, 3.63) is 0 Å². The standard InChI is InChI=1S/C11H25NO2/c1-4-12-11(10-14-3)8-6-5-7-9-13-2/h11-12H,4-10H2,1-3H3. The van der Waals surface area contributed by atoms with Gasteiger partial charge in [-0.15, -0.1) is 0 Å². The normalized spacial score (nSPS) is 13.1. The van der Waals surface area contributed by atoms with Crippen LogP contribution in [0.4, 0.5) is 0 Å². The number of likely N-dealkylation sites (N-methyl/N-ethyl adjacent to an activating group) is 1. The van der Waals surface area contributed by atoms with Crippen LogP contribution in [0, 0.1) is 0 Å². The molecule has 0 radical (unpaired) electrons. The van der Waals surface area contributed by atoms with Crippen LogP contribution in [0.25, 0.3) is 0 Å². The minimum Gasteiger partial charge on any atom is -0.385 e. The predicted molar refractivity (Wildman–Crippen MR) is 59.7 cm³/mol. The summed E-state index contributed by atoms with van der Waals surface area (Å²) in [6.45, 7) is 4.86. The van der Waals surface area contributed by atoms with Crippen LogP contribution in [0.2, 0.25) is 0 Å². The largest absolute Gasteiger partial charge is 0.385 e. The molecule has 0 aromatic carbocycles. The molecule has 1 N–H and O–H groups in total. The van der Waals surface area contributed by atoms with Gasteiger partial charge < -0.3 is 14.8 Å². The van der Waals surface area contributed by atoms with Gasteiger partial charge in [0.05, 0.1) is 6.61 Å². The van der Waals surface area contributed by atoms with Crippen LogP contribution in [0.3, 0.4) is 0 Å². The molecule has 0 spiro atoms. The zero-order chi connectivity index (χ0) is 10.6. The van der Waals surface area contributed by atoms with E-state index in [-0.39, 0.29) is 0 Å². The van der Waals surface area contributed by atoms with Crippen molar-refractivity contribution in [2.24, 2.45) is 0 Å². The Hall–Kier alpha value is -0.120. The Kier molecular flexibility index (Phi) is 10.9. The number of rotatable bonds is 10. The zero-order valence-corrected chi connectivity index (χ0v) is 9.84. The monoisotopic (exact) mass is 203 g/mol. The summed E-state index contributed by atoms with van der Waals surface area (Å²) in [5.74, 6) is 0. The number of hydrogen-bond acceptors (Lipinski definition) is 3. The number of methoxy groups -OCH3 is 2. The molecule has 0 saturated carbocycles. The molecule has 1 atom stereocenters. The average Bonchev–Trinajstić information content (AvgIpc) is 2.18. The lowest BCUT2D eigenvalue weighted by Gasteiger charge is -2.16. The third-order valence-corrected chi connectivity index (χ3v) is 2.26. The van der Waals surface area contributed by atoms with Crippen LogP contribution >= 0.6 is 0 Å². The summed E-state index contributed by atoms with van der Waals surface area (Å²) in [5.41, 5.74) is 0. The summed E-state index contributed by atoms with van der Waals surface area (Å²) < 4.78 is 10.2. The van der Waals surface area contributed by atoms with Crippen LogP contribution in [-0.2, 0) is 9.47 Å². The molecular weight excluding hydrogens is 178 g/mol.